The molecule has 1 aliphatic heterocycles. The molecule has 1 amide bonds. The lowest BCUT2D eigenvalue weighted by Gasteiger charge is -2.34. The SMILES string of the molecule is CC1(C)C[C@@H](C(=O)NCc2nnc(SCc3ccncc3)n2-c2ccc(F)cc2)CCO1. The van der Waals surface area contributed by atoms with Gasteiger partial charge in [0.1, 0.15) is 5.82 Å². The zero-order valence-electron chi connectivity index (χ0n) is 18.1. The van der Waals surface area contributed by atoms with E-state index in [-0.39, 0.29) is 29.8 Å². The standard InChI is InChI=1S/C23H26FN5O2S/c1-23(2)13-17(9-12-31-23)21(30)26-14-20-27-28-22(32-15-16-7-10-25-11-8-16)29(20)19-5-3-18(24)4-6-19/h3-8,10-11,17H,9,12-15H2,1-2H3,(H,26,30)/t17-/m0/s1. The number of ether oxygens (including phenoxy) is 1. The number of halogens is 1. The number of hydrogen-bond donors (Lipinski definition) is 1. The molecule has 1 aromatic carbocycles. The fraction of sp³-hybridized carbons (Fsp3) is 0.391. The summed E-state index contributed by atoms with van der Waals surface area (Å²) in [5.74, 6) is 0.853. The highest BCUT2D eigenvalue weighted by Gasteiger charge is 2.33. The topological polar surface area (TPSA) is 81.9 Å². The van der Waals surface area contributed by atoms with Crippen LogP contribution in [0.4, 0.5) is 4.39 Å². The Morgan fingerprint density at radius 1 is 1.22 bits per heavy atom. The minimum absolute atomic E-state index is 0.0129. The Balaban J connectivity index is 1.51. The number of benzene rings is 1. The first kappa shape index (κ1) is 22.4. The maximum atomic E-state index is 13.5. The Morgan fingerprint density at radius 3 is 2.69 bits per heavy atom. The van der Waals surface area contributed by atoms with E-state index in [9.17, 15) is 9.18 Å². The second-order valence-corrected chi connectivity index (χ2v) is 9.31. The molecule has 0 spiro atoms. The summed E-state index contributed by atoms with van der Waals surface area (Å²) in [6.07, 6.45) is 4.88. The van der Waals surface area contributed by atoms with E-state index in [1.165, 1.54) is 23.9 Å². The van der Waals surface area contributed by atoms with Crippen molar-refractivity contribution in [1.29, 1.82) is 0 Å². The van der Waals surface area contributed by atoms with Gasteiger partial charge in [0.2, 0.25) is 5.91 Å². The smallest absolute Gasteiger partial charge is 0.223 e. The van der Waals surface area contributed by atoms with Gasteiger partial charge in [-0.3, -0.25) is 14.3 Å². The number of carbonyl (C=O) groups is 1. The molecule has 7 nitrogen and oxygen atoms in total. The highest BCUT2D eigenvalue weighted by Crippen LogP contribution is 2.29. The van der Waals surface area contributed by atoms with Crippen LogP contribution < -0.4 is 5.32 Å². The van der Waals surface area contributed by atoms with Crippen molar-refractivity contribution < 1.29 is 13.9 Å². The molecule has 168 valence electrons. The van der Waals surface area contributed by atoms with Crippen LogP contribution in [0.5, 0.6) is 0 Å². The van der Waals surface area contributed by atoms with Gasteiger partial charge in [-0.2, -0.15) is 0 Å². The van der Waals surface area contributed by atoms with E-state index in [1.54, 1.807) is 24.5 Å². The number of thioether (sulfide) groups is 1. The molecule has 1 N–H and O–H groups in total. The van der Waals surface area contributed by atoms with Crippen molar-refractivity contribution in [3.05, 3.63) is 66.0 Å². The molecule has 0 aliphatic carbocycles. The lowest BCUT2D eigenvalue weighted by Crippen LogP contribution is -2.41. The first-order valence-electron chi connectivity index (χ1n) is 10.5. The molecule has 4 rings (SSSR count). The average molecular weight is 456 g/mol. The number of carbonyl (C=O) groups excluding carboxylic acids is 1. The van der Waals surface area contributed by atoms with Gasteiger partial charge in [0.05, 0.1) is 12.1 Å². The molecule has 3 heterocycles. The Hall–Kier alpha value is -2.78. The van der Waals surface area contributed by atoms with Crippen molar-refractivity contribution in [2.24, 2.45) is 5.92 Å². The van der Waals surface area contributed by atoms with E-state index in [2.05, 4.69) is 20.5 Å². The number of nitrogens with zero attached hydrogens (tertiary/aromatic N) is 4. The summed E-state index contributed by atoms with van der Waals surface area (Å²) in [5.41, 5.74) is 1.55. The molecule has 2 aromatic heterocycles. The Kier molecular flexibility index (Phi) is 6.86. The average Bonchev–Trinajstić information content (AvgIpc) is 3.19. The fourth-order valence-electron chi connectivity index (χ4n) is 3.75. The Bertz CT molecular complexity index is 1060. The zero-order valence-corrected chi connectivity index (χ0v) is 18.9. The molecule has 1 fully saturated rings. The van der Waals surface area contributed by atoms with Gasteiger partial charge in [0, 0.05) is 36.4 Å². The van der Waals surface area contributed by atoms with Crippen molar-refractivity contribution in [3.63, 3.8) is 0 Å². The van der Waals surface area contributed by atoms with E-state index in [4.69, 9.17) is 4.74 Å². The molecular formula is C23H26FN5O2S. The molecule has 0 saturated carbocycles. The molecule has 1 aliphatic rings. The molecule has 1 atom stereocenters. The maximum absolute atomic E-state index is 13.5. The summed E-state index contributed by atoms with van der Waals surface area (Å²) in [6.45, 7) is 4.82. The predicted molar refractivity (Wildman–Crippen MR) is 120 cm³/mol. The highest BCUT2D eigenvalue weighted by molar-refractivity contribution is 7.98. The van der Waals surface area contributed by atoms with Crippen LogP contribution in [0.15, 0.2) is 53.9 Å². The summed E-state index contributed by atoms with van der Waals surface area (Å²) in [5, 5.41) is 12.3. The summed E-state index contributed by atoms with van der Waals surface area (Å²) >= 11 is 1.52. The number of aromatic nitrogens is 4. The summed E-state index contributed by atoms with van der Waals surface area (Å²) < 4.78 is 21.1. The van der Waals surface area contributed by atoms with Gasteiger partial charge in [0.15, 0.2) is 11.0 Å². The molecule has 32 heavy (non-hydrogen) atoms. The van der Waals surface area contributed by atoms with Crippen molar-refractivity contribution in [2.45, 2.75) is 49.7 Å². The summed E-state index contributed by atoms with van der Waals surface area (Å²) in [4.78, 5) is 16.8. The molecule has 3 aromatic rings. The number of amides is 1. The van der Waals surface area contributed by atoms with Crippen LogP contribution in [0.3, 0.4) is 0 Å². The summed E-state index contributed by atoms with van der Waals surface area (Å²) in [7, 11) is 0. The van der Waals surface area contributed by atoms with Crippen LogP contribution in [0.1, 0.15) is 38.1 Å². The van der Waals surface area contributed by atoms with Crippen molar-refractivity contribution in [3.8, 4) is 5.69 Å². The monoisotopic (exact) mass is 455 g/mol. The van der Waals surface area contributed by atoms with Crippen LogP contribution in [-0.4, -0.2) is 37.9 Å². The lowest BCUT2D eigenvalue weighted by molar-refractivity contribution is -0.135. The van der Waals surface area contributed by atoms with Gasteiger partial charge in [0.25, 0.3) is 0 Å². The van der Waals surface area contributed by atoms with Gasteiger partial charge in [-0.1, -0.05) is 11.8 Å². The molecule has 0 bridgehead atoms. The van der Waals surface area contributed by atoms with Crippen LogP contribution in [0, 0.1) is 11.7 Å². The van der Waals surface area contributed by atoms with Crippen molar-refractivity contribution in [1.82, 2.24) is 25.1 Å². The van der Waals surface area contributed by atoms with Crippen molar-refractivity contribution >= 4 is 17.7 Å². The molecule has 1 saturated heterocycles. The fourth-order valence-corrected chi connectivity index (χ4v) is 4.68. The minimum Gasteiger partial charge on any atom is -0.376 e. The minimum atomic E-state index is -0.315. The van der Waals surface area contributed by atoms with Gasteiger partial charge >= 0.3 is 0 Å². The van der Waals surface area contributed by atoms with Crippen molar-refractivity contribution in [2.75, 3.05) is 6.61 Å². The molecule has 9 heteroatoms. The third-order valence-corrected chi connectivity index (χ3v) is 6.39. The third kappa shape index (κ3) is 5.52. The quantitative estimate of drug-likeness (QED) is 0.544. The van der Waals surface area contributed by atoms with Crippen LogP contribution in [0.25, 0.3) is 5.69 Å². The number of pyridine rings is 1. The second kappa shape index (κ2) is 9.79. The summed E-state index contributed by atoms with van der Waals surface area (Å²) in [6, 6.07) is 10.1. The van der Waals surface area contributed by atoms with Gasteiger partial charge in [-0.05, 0) is 68.7 Å². The number of rotatable bonds is 7. The number of hydrogen-bond acceptors (Lipinski definition) is 6. The largest absolute Gasteiger partial charge is 0.376 e. The van der Waals surface area contributed by atoms with Crippen LogP contribution >= 0.6 is 11.8 Å². The highest BCUT2D eigenvalue weighted by atomic mass is 32.2. The van der Waals surface area contributed by atoms with Gasteiger partial charge in [-0.15, -0.1) is 10.2 Å². The van der Waals surface area contributed by atoms with Crippen LogP contribution in [0.2, 0.25) is 0 Å². The van der Waals surface area contributed by atoms with E-state index >= 15 is 0 Å². The maximum Gasteiger partial charge on any atom is 0.223 e. The first-order valence-corrected chi connectivity index (χ1v) is 11.5. The normalized spacial score (nSPS) is 17.8. The van der Waals surface area contributed by atoms with E-state index in [0.29, 0.717) is 36.2 Å². The first-order chi connectivity index (χ1) is 15.4. The third-order valence-electron chi connectivity index (χ3n) is 5.39. The molecule has 0 radical (unpaired) electrons. The van der Waals surface area contributed by atoms with Gasteiger partial charge in [-0.25, -0.2) is 4.39 Å². The number of nitrogens with one attached hydrogen (secondary N) is 1. The zero-order chi connectivity index (χ0) is 22.6. The van der Waals surface area contributed by atoms with E-state index < -0.39 is 0 Å². The van der Waals surface area contributed by atoms with Crippen LogP contribution in [-0.2, 0) is 21.8 Å². The van der Waals surface area contributed by atoms with Gasteiger partial charge < -0.3 is 10.1 Å². The Morgan fingerprint density at radius 2 is 1.97 bits per heavy atom. The predicted octanol–water partition coefficient (Wildman–Crippen LogP) is 3.92. The molecule has 0 unspecified atom stereocenters. The lowest BCUT2D eigenvalue weighted by atomic mass is 9.88. The second-order valence-electron chi connectivity index (χ2n) is 8.37. The van der Waals surface area contributed by atoms with E-state index in [0.717, 1.165) is 11.3 Å². The molecular weight excluding hydrogens is 429 g/mol. The van der Waals surface area contributed by atoms with E-state index in [1.807, 2.05) is 30.5 Å². The Labute approximate surface area is 190 Å².